The summed E-state index contributed by atoms with van der Waals surface area (Å²) in [5, 5.41) is 1.22. The maximum Gasteiger partial charge on any atom is 0.212 e. The van der Waals surface area contributed by atoms with Gasteiger partial charge >= 0.3 is 0 Å². The molecule has 0 bridgehead atoms. The Hall–Kier alpha value is -2.88. The first-order valence-electron chi connectivity index (χ1n) is 10.6. The Morgan fingerprint density at radius 3 is 2.26 bits per heavy atom. The second-order valence-electron chi connectivity index (χ2n) is 7.84. The fraction of sp³-hybridized carbons (Fsp3) is 0.240. The van der Waals surface area contributed by atoms with Crippen LogP contribution in [0, 0.1) is 0 Å². The molecule has 1 atom stereocenters. The van der Waals surface area contributed by atoms with Crippen LogP contribution < -0.4 is 13.7 Å². The molecule has 0 radical (unpaired) electrons. The van der Waals surface area contributed by atoms with Crippen LogP contribution in [0.15, 0.2) is 85.6 Å². The maximum atomic E-state index is 12.3. The predicted molar refractivity (Wildman–Crippen MR) is 122 cm³/mol. The summed E-state index contributed by atoms with van der Waals surface area (Å²) in [4.78, 5) is 0. The van der Waals surface area contributed by atoms with Crippen LogP contribution in [0.4, 0.5) is 0 Å². The van der Waals surface area contributed by atoms with Crippen LogP contribution in [-0.4, -0.2) is 19.4 Å². The second kappa shape index (κ2) is 9.09. The van der Waals surface area contributed by atoms with E-state index < -0.39 is 7.37 Å². The Bertz CT molecular complexity index is 1240. The van der Waals surface area contributed by atoms with Crippen molar-refractivity contribution in [3.63, 3.8) is 0 Å². The molecule has 0 N–H and O–H groups in total. The van der Waals surface area contributed by atoms with Crippen molar-refractivity contribution >= 4 is 18.3 Å². The molecular weight excluding hydrogens is 405 g/mol. The van der Waals surface area contributed by atoms with Crippen molar-refractivity contribution in [2.24, 2.45) is 7.05 Å². The molecule has 1 aromatic carbocycles. The minimum absolute atomic E-state index is 0.489. The Balaban J connectivity index is 1.49. The number of pyridine rings is 3. The van der Waals surface area contributed by atoms with Crippen molar-refractivity contribution in [2.45, 2.75) is 13.5 Å². The number of aryl methyl sites for hydroxylation is 2. The summed E-state index contributed by atoms with van der Waals surface area (Å²) in [7, 11) is -0.443. The van der Waals surface area contributed by atoms with Gasteiger partial charge in [-0.2, -0.15) is 4.57 Å². The van der Waals surface area contributed by atoms with E-state index in [1.54, 1.807) is 6.66 Å². The molecule has 0 aliphatic rings. The zero-order chi connectivity index (χ0) is 21.8. The third-order valence-corrected chi connectivity index (χ3v) is 7.31. The lowest BCUT2D eigenvalue weighted by Gasteiger charge is -2.10. The zero-order valence-electron chi connectivity index (χ0n) is 18.3. The molecule has 3 heterocycles. The van der Waals surface area contributed by atoms with Gasteiger partial charge in [-0.05, 0) is 24.1 Å². The van der Waals surface area contributed by atoms with Gasteiger partial charge in [-0.15, -0.1) is 0 Å². The lowest BCUT2D eigenvalue weighted by molar-refractivity contribution is -0.692. The highest BCUT2D eigenvalue weighted by molar-refractivity contribution is 7.58. The molecule has 0 saturated carbocycles. The third-order valence-electron chi connectivity index (χ3n) is 5.50. The standard InChI is InChI=1S/C25H29N3O2P/c1-4-30-31(3,29)19-18-27-14-9-21(10-15-27)22-11-16-28(17-12-22)24-7-8-25-23(20-24)6-5-13-26(25)2/h5-17,20H,4,18-19H2,1-3H3/q+3. The van der Waals surface area contributed by atoms with Gasteiger partial charge in [-0.3, -0.25) is 4.57 Å². The van der Waals surface area contributed by atoms with Gasteiger partial charge in [-0.1, -0.05) is 0 Å². The molecule has 0 amide bonds. The van der Waals surface area contributed by atoms with Crippen LogP contribution >= 0.6 is 7.37 Å². The van der Waals surface area contributed by atoms with E-state index in [1.807, 2.05) is 19.3 Å². The lowest BCUT2D eigenvalue weighted by Crippen LogP contribution is -2.34. The molecule has 5 nitrogen and oxygen atoms in total. The van der Waals surface area contributed by atoms with Crippen molar-refractivity contribution in [2.75, 3.05) is 19.4 Å². The van der Waals surface area contributed by atoms with Crippen LogP contribution in [0.5, 0.6) is 0 Å². The number of fused-ring (bicyclic) bond motifs is 1. The molecule has 0 aliphatic carbocycles. The second-order valence-corrected chi connectivity index (χ2v) is 10.6. The maximum absolute atomic E-state index is 12.3. The minimum atomic E-state index is -2.51. The van der Waals surface area contributed by atoms with Crippen LogP contribution in [0.25, 0.3) is 27.7 Å². The predicted octanol–water partition coefficient (Wildman–Crippen LogP) is 3.84. The van der Waals surface area contributed by atoms with E-state index >= 15 is 0 Å². The van der Waals surface area contributed by atoms with Crippen molar-refractivity contribution in [1.29, 1.82) is 0 Å². The normalized spacial score (nSPS) is 13.3. The van der Waals surface area contributed by atoms with E-state index in [2.05, 4.69) is 93.9 Å². The average molecular weight is 435 g/mol. The van der Waals surface area contributed by atoms with Gasteiger partial charge in [0, 0.05) is 55.2 Å². The summed E-state index contributed by atoms with van der Waals surface area (Å²) in [5.41, 5.74) is 4.65. The van der Waals surface area contributed by atoms with Crippen molar-refractivity contribution in [1.82, 2.24) is 0 Å². The minimum Gasteiger partial charge on any atom is -0.329 e. The average Bonchev–Trinajstić information content (AvgIpc) is 2.78. The zero-order valence-corrected chi connectivity index (χ0v) is 19.2. The Morgan fingerprint density at radius 1 is 0.903 bits per heavy atom. The molecule has 1 unspecified atom stereocenters. The van der Waals surface area contributed by atoms with E-state index in [-0.39, 0.29) is 0 Å². The van der Waals surface area contributed by atoms with Gasteiger partial charge in [0.15, 0.2) is 37.5 Å². The van der Waals surface area contributed by atoms with E-state index in [0.29, 0.717) is 19.3 Å². The van der Waals surface area contributed by atoms with Gasteiger partial charge in [0.25, 0.3) is 0 Å². The van der Waals surface area contributed by atoms with E-state index in [0.717, 1.165) is 16.8 Å². The number of aromatic nitrogens is 3. The number of nitrogens with zero attached hydrogens (tertiary/aromatic N) is 3. The first kappa shape index (κ1) is 21.4. The van der Waals surface area contributed by atoms with Gasteiger partial charge in [-0.25, -0.2) is 9.13 Å². The van der Waals surface area contributed by atoms with Crippen molar-refractivity contribution in [3.8, 4) is 16.8 Å². The number of benzene rings is 1. The highest BCUT2D eigenvalue weighted by Gasteiger charge is 2.18. The summed E-state index contributed by atoms with van der Waals surface area (Å²) in [5.74, 6) is 0. The van der Waals surface area contributed by atoms with Gasteiger partial charge < -0.3 is 4.52 Å². The molecule has 4 rings (SSSR count). The molecule has 0 spiro atoms. The number of rotatable bonds is 7. The van der Waals surface area contributed by atoms with E-state index in [1.165, 1.54) is 10.9 Å². The molecule has 3 aromatic heterocycles. The molecule has 6 heteroatoms. The lowest BCUT2D eigenvalue weighted by atomic mass is 10.1. The van der Waals surface area contributed by atoms with Crippen LogP contribution in [0.2, 0.25) is 0 Å². The van der Waals surface area contributed by atoms with Gasteiger partial charge in [0.05, 0.1) is 18.2 Å². The summed E-state index contributed by atoms with van der Waals surface area (Å²) in [6.07, 6.45) is 10.9. The Morgan fingerprint density at radius 2 is 1.58 bits per heavy atom. The van der Waals surface area contributed by atoms with E-state index in [4.69, 9.17) is 4.52 Å². The first-order valence-corrected chi connectivity index (χ1v) is 12.8. The third kappa shape index (κ3) is 5.07. The quantitative estimate of drug-likeness (QED) is 0.327. The van der Waals surface area contributed by atoms with Crippen LogP contribution in [0.1, 0.15) is 6.92 Å². The van der Waals surface area contributed by atoms with E-state index in [9.17, 15) is 4.57 Å². The van der Waals surface area contributed by atoms with Gasteiger partial charge in [0.1, 0.15) is 7.05 Å². The van der Waals surface area contributed by atoms with Crippen molar-refractivity contribution in [3.05, 3.63) is 85.6 Å². The Labute approximate surface area is 183 Å². The van der Waals surface area contributed by atoms with Gasteiger partial charge in [0.2, 0.25) is 18.6 Å². The molecule has 0 saturated heterocycles. The summed E-state index contributed by atoms with van der Waals surface area (Å²) < 4.78 is 23.9. The molecule has 0 fully saturated rings. The fourth-order valence-electron chi connectivity index (χ4n) is 3.74. The highest BCUT2D eigenvalue weighted by Crippen LogP contribution is 2.41. The smallest absolute Gasteiger partial charge is 0.212 e. The van der Waals surface area contributed by atoms with Crippen LogP contribution in [-0.2, 0) is 22.7 Å². The number of hydrogen-bond donors (Lipinski definition) is 0. The summed E-state index contributed by atoms with van der Waals surface area (Å²) in [6.45, 7) is 4.76. The number of hydrogen-bond acceptors (Lipinski definition) is 2. The molecule has 158 valence electrons. The van der Waals surface area contributed by atoms with Crippen molar-refractivity contribution < 1.29 is 22.8 Å². The first-order chi connectivity index (χ1) is 14.9. The monoisotopic (exact) mass is 434 g/mol. The molecular formula is C25H29N3O2P+3. The summed E-state index contributed by atoms with van der Waals surface area (Å²) in [6, 6.07) is 19.2. The molecule has 31 heavy (non-hydrogen) atoms. The fourth-order valence-corrected chi connectivity index (χ4v) is 5.01. The topological polar surface area (TPSA) is 37.9 Å². The van der Waals surface area contributed by atoms with Crippen LogP contribution in [0.3, 0.4) is 0 Å². The summed E-state index contributed by atoms with van der Waals surface area (Å²) >= 11 is 0. The highest BCUT2D eigenvalue weighted by atomic mass is 31.2. The Kier molecular flexibility index (Phi) is 6.26. The largest absolute Gasteiger partial charge is 0.329 e. The molecule has 0 aliphatic heterocycles. The molecule has 4 aromatic rings. The SMILES string of the molecule is CCOP(C)(=O)CC[n+]1ccc(-c2cc[n+](-c3ccc4c(ccc[n+]4C)c3)cc2)cc1.